The lowest BCUT2D eigenvalue weighted by atomic mass is 10.0. The Morgan fingerprint density at radius 1 is 1.28 bits per heavy atom. The predicted molar refractivity (Wildman–Crippen MR) is 100 cm³/mol. The molecule has 2 aromatic rings. The Kier molecular flexibility index (Phi) is 5.80. The van der Waals surface area contributed by atoms with Crippen molar-refractivity contribution in [2.75, 3.05) is 7.11 Å². The lowest BCUT2D eigenvalue weighted by Crippen LogP contribution is -2.41. The van der Waals surface area contributed by atoms with E-state index in [9.17, 15) is 4.79 Å². The molecule has 1 aliphatic rings. The van der Waals surface area contributed by atoms with E-state index in [1.807, 2.05) is 48.5 Å². The number of carbonyl (C=O) groups is 1. The van der Waals surface area contributed by atoms with Crippen LogP contribution in [0.1, 0.15) is 23.6 Å². The van der Waals surface area contributed by atoms with Gasteiger partial charge in [0.05, 0.1) is 13.3 Å². The first-order chi connectivity index (χ1) is 12.2. The molecule has 130 valence electrons. The van der Waals surface area contributed by atoms with E-state index >= 15 is 0 Å². The van der Waals surface area contributed by atoms with Gasteiger partial charge in [0.1, 0.15) is 11.8 Å². The molecule has 0 saturated carbocycles. The fourth-order valence-corrected chi connectivity index (χ4v) is 3.04. The highest BCUT2D eigenvalue weighted by Crippen LogP contribution is 2.24. The Morgan fingerprint density at radius 3 is 2.80 bits per heavy atom. The van der Waals surface area contributed by atoms with E-state index in [4.69, 9.17) is 4.74 Å². The third kappa shape index (κ3) is 4.66. The van der Waals surface area contributed by atoms with E-state index in [1.165, 1.54) is 0 Å². The number of hydrazone groups is 1. The molecule has 1 amide bonds. The average molecular weight is 403 g/mol. The molecule has 3 N–H and O–H groups in total. The largest absolute Gasteiger partial charge is 0.497 e. The van der Waals surface area contributed by atoms with Gasteiger partial charge in [-0.2, -0.15) is 5.10 Å². The van der Waals surface area contributed by atoms with Gasteiger partial charge in [-0.3, -0.25) is 4.79 Å². The van der Waals surface area contributed by atoms with Gasteiger partial charge in [0.25, 0.3) is 5.91 Å². The second-order valence-electron chi connectivity index (χ2n) is 5.69. The molecule has 3 rings (SSSR count). The molecule has 1 heterocycles. The first-order valence-electron chi connectivity index (χ1n) is 7.89. The zero-order valence-electron chi connectivity index (χ0n) is 13.7. The van der Waals surface area contributed by atoms with Gasteiger partial charge >= 0.3 is 0 Å². The third-order valence-electron chi connectivity index (χ3n) is 3.97. The maximum absolute atomic E-state index is 12.2. The number of hydrazine groups is 1. The van der Waals surface area contributed by atoms with Crippen LogP contribution < -0.4 is 21.0 Å². The second-order valence-corrected chi connectivity index (χ2v) is 6.61. The fourth-order valence-electron chi connectivity index (χ4n) is 2.62. The summed E-state index contributed by atoms with van der Waals surface area (Å²) >= 11 is 3.40. The van der Waals surface area contributed by atoms with Crippen molar-refractivity contribution in [1.29, 1.82) is 0 Å². The fraction of sp³-hybridized carbons (Fsp3) is 0.222. The van der Waals surface area contributed by atoms with Crippen molar-refractivity contribution in [2.45, 2.75) is 18.5 Å². The number of methoxy groups -OCH3 is 1. The van der Waals surface area contributed by atoms with Crippen LogP contribution in [0.15, 0.2) is 58.1 Å². The van der Waals surface area contributed by atoms with E-state index in [2.05, 4.69) is 37.3 Å². The number of benzene rings is 2. The van der Waals surface area contributed by atoms with Crippen LogP contribution in [0.25, 0.3) is 0 Å². The van der Waals surface area contributed by atoms with Crippen LogP contribution in [-0.2, 0) is 4.79 Å². The molecule has 0 aromatic heterocycles. The molecule has 25 heavy (non-hydrogen) atoms. The molecule has 1 saturated heterocycles. The number of hydrogen-bond donors (Lipinski definition) is 3. The predicted octanol–water partition coefficient (Wildman–Crippen LogP) is 2.52. The van der Waals surface area contributed by atoms with E-state index in [-0.39, 0.29) is 18.0 Å². The van der Waals surface area contributed by atoms with Crippen LogP contribution in [0.5, 0.6) is 5.75 Å². The van der Waals surface area contributed by atoms with Gasteiger partial charge in [-0.05, 0) is 41.8 Å². The first-order valence-corrected chi connectivity index (χ1v) is 8.68. The minimum absolute atomic E-state index is 0.0655. The maximum atomic E-state index is 12.2. The molecule has 2 atom stereocenters. The van der Waals surface area contributed by atoms with E-state index < -0.39 is 0 Å². The van der Waals surface area contributed by atoms with Gasteiger partial charge in [-0.1, -0.05) is 40.2 Å². The second kappa shape index (κ2) is 8.24. The summed E-state index contributed by atoms with van der Waals surface area (Å²) in [5.74, 6) is 0.639. The smallest absolute Gasteiger partial charge is 0.258 e. The molecule has 1 aliphatic heterocycles. The summed E-state index contributed by atoms with van der Waals surface area (Å²) in [6.45, 7) is 0. The number of hydrogen-bond acceptors (Lipinski definition) is 5. The quantitative estimate of drug-likeness (QED) is 0.530. The summed E-state index contributed by atoms with van der Waals surface area (Å²) in [7, 11) is 1.64. The van der Waals surface area contributed by atoms with Gasteiger partial charge in [-0.25, -0.2) is 16.3 Å². The van der Waals surface area contributed by atoms with Crippen molar-refractivity contribution in [3.05, 3.63) is 64.1 Å². The highest BCUT2D eigenvalue weighted by atomic mass is 79.9. The number of amides is 1. The van der Waals surface area contributed by atoms with Crippen molar-refractivity contribution in [3.63, 3.8) is 0 Å². The summed E-state index contributed by atoms with van der Waals surface area (Å²) in [6, 6.07) is 15.2. The van der Waals surface area contributed by atoms with E-state index in [0.29, 0.717) is 6.42 Å². The standard InChI is InChI=1S/C18H19BrN4O2/c1-25-15-7-5-13(6-8-15)16-10-17(22-21-16)18(24)23-20-11-12-3-2-4-14(19)9-12/h2-9,11,16-17,21-22H,10H2,1H3,(H,23,24)/b20-11+. The molecule has 0 spiro atoms. The zero-order valence-corrected chi connectivity index (χ0v) is 15.3. The van der Waals surface area contributed by atoms with Gasteiger partial charge in [-0.15, -0.1) is 0 Å². The van der Waals surface area contributed by atoms with Crippen LogP contribution in [0.3, 0.4) is 0 Å². The van der Waals surface area contributed by atoms with Crippen molar-refractivity contribution in [3.8, 4) is 5.75 Å². The monoisotopic (exact) mass is 402 g/mol. The molecular formula is C18H19BrN4O2. The van der Waals surface area contributed by atoms with Gasteiger partial charge < -0.3 is 4.74 Å². The molecular weight excluding hydrogens is 384 g/mol. The van der Waals surface area contributed by atoms with Crippen LogP contribution in [0.2, 0.25) is 0 Å². The lowest BCUT2D eigenvalue weighted by molar-refractivity contribution is -0.122. The summed E-state index contributed by atoms with van der Waals surface area (Å²) in [4.78, 5) is 12.2. The summed E-state index contributed by atoms with van der Waals surface area (Å²) in [6.07, 6.45) is 2.26. The van der Waals surface area contributed by atoms with Crippen LogP contribution >= 0.6 is 15.9 Å². The minimum Gasteiger partial charge on any atom is -0.497 e. The molecule has 1 fully saturated rings. The number of carbonyl (C=O) groups excluding carboxylic acids is 1. The minimum atomic E-state index is -0.341. The van der Waals surface area contributed by atoms with Crippen molar-refractivity contribution in [2.24, 2.45) is 5.10 Å². The molecule has 6 nitrogen and oxygen atoms in total. The number of ether oxygens (including phenoxy) is 1. The highest BCUT2D eigenvalue weighted by molar-refractivity contribution is 9.10. The third-order valence-corrected chi connectivity index (χ3v) is 4.47. The molecule has 0 radical (unpaired) electrons. The Hall–Kier alpha value is -2.22. The topological polar surface area (TPSA) is 74.8 Å². The normalized spacial score (nSPS) is 19.9. The Labute approximate surface area is 154 Å². The molecule has 7 heteroatoms. The Bertz CT molecular complexity index is 764. The molecule has 2 aromatic carbocycles. The molecule has 2 unspecified atom stereocenters. The van der Waals surface area contributed by atoms with Gasteiger partial charge in [0, 0.05) is 10.5 Å². The Morgan fingerprint density at radius 2 is 2.08 bits per heavy atom. The van der Waals surface area contributed by atoms with Crippen LogP contribution in [0.4, 0.5) is 0 Å². The Balaban J connectivity index is 1.53. The summed E-state index contributed by atoms with van der Waals surface area (Å²) < 4.78 is 6.12. The number of nitrogens with one attached hydrogen (secondary N) is 3. The summed E-state index contributed by atoms with van der Waals surface area (Å²) in [5.41, 5.74) is 10.7. The highest BCUT2D eigenvalue weighted by Gasteiger charge is 2.29. The van der Waals surface area contributed by atoms with E-state index in [1.54, 1.807) is 13.3 Å². The molecule has 0 aliphatic carbocycles. The van der Waals surface area contributed by atoms with E-state index in [0.717, 1.165) is 21.3 Å². The zero-order chi connectivity index (χ0) is 17.6. The maximum Gasteiger partial charge on any atom is 0.258 e. The van der Waals surface area contributed by atoms with Crippen molar-refractivity contribution >= 4 is 28.1 Å². The number of rotatable bonds is 5. The first kappa shape index (κ1) is 17.6. The van der Waals surface area contributed by atoms with Gasteiger partial charge in [0.15, 0.2) is 0 Å². The van der Waals surface area contributed by atoms with Crippen LogP contribution in [0, 0.1) is 0 Å². The van der Waals surface area contributed by atoms with Gasteiger partial charge in [0.2, 0.25) is 0 Å². The van der Waals surface area contributed by atoms with Crippen molar-refractivity contribution in [1.82, 2.24) is 16.3 Å². The molecule has 0 bridgehead atoms. The SMILES string of the molecule is COc1ccc(C2CC(C(=O)N/N=C/c3cccc(Br)c3)NN2)cc1. The number of halogens is 1. The summed E-state index contributed by atoms with van der Waals surface area (Å²) in [5, 5.41) is 4.02. The number of nitrogens with zero attached hydrogens (tertiary/aromatic N) is 1. The van der Waals surface area contributed by atoms with Crippen molar-refractivity contribution < 1.29 is 9.53 Å². The van der Waals surface area contributed by atoms with Crippen LogP contribution in [-0.4, -0.2) is 25.3 Å². The lowest BCUT2D eigenvalue weighted by Gasteiger charge is -2.10. The average Bonchev–Trinajstić information content (AvgIpc) is 3.12.